The van der Waals surface area contributed by atoms with E-state index >= 15 is 0 Å². The lowest BCUT2D eigenvalue weighted by atomic mass is 10.1. The summed E-state index contributed by atoms with van der Waals surface area (Å²) >= 11 is 11.1. The molecular weight excluding hydrogens is 366 g/mol. The molecule has 0 aromatic carbocycles. The van der Waals surface area contributed by atoms with Gasteiger partial charge in [0.1, 0.15) is 21.6 Å². The van der Waals surface area contributed by atoms with E-state index in [0.717, 1.165) is 35.7 Å². The van der Waals surface area contributed by atoms with Gasteiger partial charge in [-0.05, 0) is 25.7 Å². The highest BCUT2D eigenvalue weighted by atomic mass is 32.1. The lowest BCUT2D eigenvalue weighted by Crippen LogP contribution is -2.49. The molecule has 0 spiro atoms. The zero-order valence-electron chi connectivity index (χ0n) is 16.1. The fourth-order valence-corrected chi connectivity index (χ4v) is 3.09. The van der Waals surface area contributed by atoms with Crippen LogP contribution in [0.4, 0.5) is 0 Å². The Labute approximate surface area is 166 Å². The zero-order chi connectivity index (χ0) is 19.5. The lowest BCUT2D eigenvalue weighted by molar-refractivity contribution is 0.424. The molecule has 0 atom stereocenters. The number of nitrogens with one attached hydrogen (secondary N) is 2. The van der Waals surface area contributed by atoms with Crippen molar-refractivity contribution in [3.05, 3.63) is 0 Å². The minimum absolute atomic E-state index is 0.0703. The van der Waals surface area contributed by atoms with E-state index in [4.69, 9.17) is 29.7 Å². The molecule has 0 aromatic rings. The first-order valence-electron chi connectivity index (χ1n) is 8.66. The molecule has 0 amide bonds. The maximum absolute atomic E-state index is 9.01. The minimum Gasteiger partial charge on any atom is -0.285 e. The van der Waals surface area contributed by atoms with Crippen LogP contribution in [0.3, 0.4) is 0 Å². The van der Waals surface area contributed by atoms with Gasteiger partial charge in [0, 0.05) is 32.0 Å². The molecule has 2 saturated carbocycles. The standard InChI is InChI=1S/C17H27N7S2/c1-16(6-7-16)14(25)23(4)21-12(19-3)10-13(20-11-18)22-24(5)15(26)17(2)8-9-17/h6-10H2,1-5H3,(H,19,21)(H,20,22). The molecule has 2 aliphatic carbocycles. The van der Waals surface area contributed by atoms with Crippen LogP contribution in [0.15, 0.2) is 9.98 Å². The predicted molar refractivity (Wildman–Crippen MR) is 113 cm³/mol. The Kier molecular flexibility index (Phi) is 6.19. The molecule has 142 valence electrons. The summed E-state index contributed by atoms with van der Waals surface area (Å²) in [5, 5.41) is 12.6. The van der Waals surface area contributed by atoms with Crippen LogP contribution in [0.1, 0.15) is 46.0 Å². The topological polar surface area (TPSA) is 79.0 Å². The molecular formula is C17H27N7S2. The first-order valence-corrected chi connectivity index (χ1v) is 9.48. The third-order valence-corrected chi connectivity index (χ3v) is 6.56. The van der Waals surface area contributed by atoms with Gasteiger partial charge in [0.2, 0.25) is 6.19 Å². The van der Waals surface area contributed by atoms with Crippen molar-refractivity contribution in [1.29, 1.82) is 5.26 Å². The maximum Gasteiger partial charge on any atom is 0.207 e. The second kappa shape index (κ2) is 7.84. The van der Waals surface area contributed by atoms with Gasteiger partial charge in [-0.15, -0.1) is 0 Å². The van der Waals surface area contributed by atoms with Crippen molar-refractivity contribution < 1.29 is 0 Å². The Balaban J connectivity index is 1.96. The van der Waals surface area contributed by atoms with E-state index in [-0.39, 0.29) is 10.8 Å². The highest BCUT2D eigenvalue weighted by molar-refractivity contribution is 7.80. The van der Waals surface area contributed by atoms with Crippen molar-refractivity contribution in [1.82, 2.24) is 20.9 Å². The molecule has 2 fully saturated rings. The molecule has 0 radical (unpaired) electrons. The fourth-order valence-electron chi connectivity index (χ4n) is 2.59. The van der Waals surface area contributed by atoms with Gasteiger partial charge in [-0.1, -0.05) is 38.3 Å². The van der Waals surface area contributed by atoms with Crippen molar-refractivity contribution in [2.45, 2.75) is 46.0 Å². The summed E-state index contributed by atoms with van der Waals surface area (Å²) in [6.45, 7) is 4.30. The van der Waals surface area contributed by atoms with Crippen LogP contribution in [0.5, 0.6) is 0 Å². The number of hydrogen-bond acceptors (Lipinski definition) is 5. The van der Waals surface area contributed by atoms with E-state index in [2.05, 4.69) is 34.7 Å². The number of amidine groups is 2. The van der Waals surface area contributed by atoms with E-state index in [0.29, 0.717) is 18.1 Å². The number of hydrazine groups is 2. The van der Waals surface area contributed by atoms with Gasteiger partial charge in [-0.2, -0.15) is 10.3 Å². The Hall–Kier alpha value is -1.79. The SMILES string of the molecule is C/N=C(/C/C(=N/C#N)NN(C)C(=S)C1(C)CC1)NN(C)C(=S)C1(C)CC1. The molecule has 9 heteroatoms. The quantitative estimate of drug-likeness (QED) is 0.250. The minimum atomic E-state index is 0.0703. The fraction of sp³-hybridized carbons (Fsp3) is 0.706. The molecule has 2 N–H and O–H groups in total. The van der Waals surface area contributed by atoms with Gasteiger partial charge < -0.3 is 0 Å². The summed E-state index contributed by atoms with van der Waals surface area (Å²) in [4.78, 5) is 9.85. The molecule has 0 aromatic heterocycles. The van der Waals surface area contributed by atoms with Crippen LogP contribution in [-0.4, -0.2) is 52.8 Å². The predicted octanol–water partition coefficient (Wildman–Crippen LogP) is 2.41. The maximum atomic E-state index is 9.01. The Morgan fingerprint density at radius 2 is 1.42 bits per heavy atom. The van der Waals surface area contributed by atoms with Crippen molar-refractivity contribution >= 4 is 46.1 Å². The summed E-state index contributed by atoms with van der Waals surface area (Å²) in [6.07, 6.45) is 6.59. The first-order chi connectivity index (χ1) is 12.1. The molecule has 0 heterocycles. The summed E-state index contributed by atoms with van der Waals surface area (Å²) in [7, 11) is 5.44. The van der Waals surface area contributed by atoms with Gasteiger partial charge in [-0.3, -0.25) is 25.9 Å². The summed E-state index contributed by atoms with van der Waals surface area (Å²) in [5.41, 5.74) is 6.50. The van der Waals surface area contributed by atoms with E-state index in [9.17, 15) is 0 Å². The van der Waals surface area contributed by atoms with E-state index < -0.39 is 0 Å². The molecule has 26 heavy (non-hydrogen) atoms. The molecule has 0 aliphatic heterocycles. The molecule has 0 saturated heterocycles. The second-order valence-electron chi connectivity index (χ2n) is 7.58. The highest BCUT2D eigenvalue weighted by Gasteiger charge is 2.44. The normalized spacial score (nSPS) is 19.8. The monoisotopic (exact) mass is 393 g/mol. The van der Waals surface area contributed by atoms with Crippen molar-refractivity contribution in [3.8, 4) is 6.19 Å². The van der Waals surface area contributed by atoms with Gasteiger partial charge in [-0.25, -0.2) is 0 Å². The largest absolute Gasteiger partial charge is 0.285 e. The van der Waals surface area contributed by atoms with E-state index in [1.165, 1.54) is 0 Å². The molecule has 7 nitrogen and oxygen atoms in total. The number of nitrogens with zero attached hydrogens (tertiary/aromatic N) is 5. The lowest BCUT2D eigenvalue weighted by Gasteiger charge is -2.28. The van der Waals surface area contributed by atoms with Crippen LogP contribution >= 0.6 is 24.4 Å². The van der Waals surface area contributed by atoms with E-state index in [1.807, 2.05) is 25.3 Å². The molecule has 0 unspecified atom stereocenters. The summed E-state index contributed by atoms with van der Waals surface area (Å²) < 4.78 is 0. The summed E-state index contributed by atoms with van der Waals surface area (Å²) in [6, 6.07) is 0. The average molecular weight is 394 g/mol. The van der Waals surface area contributed by atoms with Crippen LogP contribution in [0, 0.1) is 22.3 Å². The summed E-state index contributed by atoms with van der Waals surface area (Å²) in [5.74, 6) is 1.14. The zero-order valence-corrected chi connectivity index (χ0v) is 17.7. The Morgan fingerprint density at radius 3 is 1.77 bits per heavy atom. The smallest absolute Gasteiger partial charge is 0.207 e. The molecule has 2 aliphatic rings. The Morgan fingerprint density at radius 1 is 1.00 bits per heavy atom. The highest BCUT2D eigenvalue weighted by Crippen LogP contribution is 2.47. The van der Waals surface area contributed by atoms with Gasteiger partial charge in [0.05, 0.1) is 6.42 Å². The number of thiocarbonyl (C=S) groups is 2. The average Bonchev–Trinajstić information content (AvgIpc) is 3.52. The Bertz CT molecular complexity index is 684. The third kappa shape index (κ3) is 4.89. The number of aliphatic imine (C=N–C) groups is 2. The van der Waals surface area contributed by atoms with Crippen LogP contribution in [-0.2, 0) is 0 Å². The van der Waals surface area contributed by atoms with Gasteiger partial charge >= 0.3 is 0 Å². The van der Waals surface area contributed by atoms with Crippen LogP contribution in [0.2, 0.25) is 0 Å². The molecule has 2 rings (SSSR count). The third-order valence-electron chi connectivity index (χ3n) is 5.03. The van der Waals surface area contributed by atoms with Gasteiger partial charge in [0.25, 0.3) is 0 Å². The van der Waals surface area contributed by atoms with Crippen molar-refractivity contribution in [2.24, 2.45) is 20.8 Å². The number of hydrogen-bond donors (Lipinski definition) is 2. The molecule has 0 bridgehead atoms. The number of rotatable bonds is 4. The van der Waals surface area contributed by atoms with E-state index in [1.54, 1.807) is 12.1 Å². The van der Waals surface area contributed by atoms with Crippen molar-refractivity contribution in [2.75, 3.05) is 21.1 Å². The second-order valence-corrected chi connectivity index (χ2v) is 8.35. The number of nitriles is 1. The van der Waals surface area contributed by atoms with Crippen LogP contribution in [0.25, 0.3) is 0 Å². The van der Waals surface area contributed by atoms with Gasteiger partial charge in [0.15, 0.2) is 0 Å². The first kappa shape index (κ1) is 20.5. The van der Waals surface area contributed by atoms with Crippen molar-refractivity contribution in [3.63, 3.8) is 0 Å². The van der Waals surface area contributed by atoms with Crippen LogP contribution < -0.4 is 10.9 Å².